The molecule has 0 fully saturated rings. The van der Waals surface area contributed by atoms with Crippen LogP contribution in [0.1, 0.15) is 5.56 Å². The number of halogens is 3. The fourth-order valence-corrected chi connectivity index (χ4v) is 1.79. The van der Waals surface area contributed by atoms with Crippen LogP contribution in [0.15, 0.2) is 42.5 Å². The van der Waals surface area contributed by atoms with Crippen LogP contribution in [0.5, 0.6) is 5.75 Å². The second-order valence-corrected chi connectivity index (χ2v) is 4.32. The Morgan fingerprint density at radius 3 is 2.35 bits per heavy atom. The molecular formula is C13H9Cl2FO. The van der Waals surface area contributed by atoms with Crippen molar-refractivity contribution in [2.45, 2.75) is 6.61 Å². The van der Waals surface area contributed by atoms with Crippen LogP contribution in [-0.4, -0.2) is 0 Å². The van der Waals surface area contributed by atoms with Gasteiger partial charge < -0.3 is 4.74 Å². The standard InChI is InChI=1S/C13H9Cl2FO/c14-10-2-1-9(13(15)7-10)8-17-12-5-3-11(16)4-6-12/h1-7H,8H2. The summed E-state index contributed by atoms with van der Waals surface area (Å²) in [7, 11) is 0. The lowest BCUT2D eigenvalue weighted by Gasteiger charge is -2.07. The van der Waals surface area contributed by atoms with E-state index in [-0.39, 0.29) is 5.82 Å². The van der Waals surface area contributed by atoms with E-state index in [4.69, 9.17) is 27.9 Å². The Labute approximate surface area is 109 Å². The molecule has 4 heteroatoms. The summed E-state index contributed by atoms with van der Waals surface area (Å²) in [5, 5.41) is 1.14. The van der Waals surface area contributed by atoms with Gasteiger partial charge in [-0.3, -0.25) is 0 Å². The molecule has 0 atom stereocenters. The number of rotatable bonds is 3. The summed E-state index contributed by atoms with van der Waals surface area (Å²) in [6, 6.07) is 11.0. The molecule has 88 valence electrons. The van der Waals surface area contributed by atoms with Crippen molar-refractivity contribution >= 4 is 23.2 Å². The van der Waals surface area contributed by atoms with Crippen molar-refractivity contribution < 1.29 is 9.13 Å². The van der Waals surface area contributed by atoms with Gasteiger partial charge in [-0.25, -0.2) is 4.39 Å². The summed E-state index contributed by atoms with van der Waals surface area (Å²) in [5.41, 5.74) is 0.834. The maximum atomic E-state index is 12.7. The Kier molecular flexibility index (Phi) is 3.87. The summed E-state index contributed by atoms with van der Waals surface area (Å²) < 4.78 is 18.1. The molecule has 1 nitrogen and oxygen atoms in total. The van der Waals surface area contributed by atoms with Crippen molar-refractivity contribution in [2.75, 3.05) is 0 Å². The molecule has 0 amide bonds. The van der Waals surface area contributed by atoms with E-state index >= 15 is 0 Å². The van der Waals surface area contributed by atoms with Gasteiger partial charge in [0.2, 0.25) is 0 Å². The highest BCUT2D eigenvalue weighted by Crippen LogP contribution is 2.22. The quantitative estimate of drug-likeness (QED) is 0.785. The molecule has 0 saturated heterocycles. The monoisotopic (exact) mass is 270 g/mol. The van der Waals surface area contributed by atoms with Gasteiger partial charge in [0.15, 0.2) is 0 Å². The van der Waals surface area contributed by atoms with Crippen molar-refractivity contribution in [3.63, 3.8) is 0 Å². The van der Waals surface area contributed by atoms with Crippen LogP contribution in [-0.2, 0) is 6.61 Å². The third-order valence-corrected chi connectivity index (χ3v) is 2.81. The topological polar surface area (TPSA) is 9.23 Å². The number of benzene rings is 2. The minimum Gasteiger partial charge on any atom is -0.489 e. The van der Waals surface area contributed by atoms with Crippen LogP contribution in [0, 0.1) is 5.82 Å². The first-order chi connectivity index (χ1) is 8.15. The van der Waals surface area contributed by atoms with E-state index in [1.165, 1.54) is 12.1 Å². The van der Waals surface area contributed by atoms with Gasteiger partial charge in [0, 0.05) is 15.6 Å². The Balaban J connectivity index is 2.04. The molecule has 0 saturated carbocycles. The fourth-order valence-electron chi connectivity index (χ4n) is 1.33. The van der Waals surface area contributed by atoms with E-state index in [1.54, 1.807) is 30.3 Å². The van der Waals surface area contributed by atoms with E-state index < -0.39 is 0 Å². The van der Waals surface area contributed by atoms with Crippen molar-refractivity contribution in [1.82, 2.24) is 0 Å². The first-order valence-electron chi connectivity index (χ1n) is 4.97. The summed E-state index contributed by atoms with van der Waals surface area (Å²) in [4.78, 5) is 0. The predicted molar refractivity (Wildman–Crippen MR) is 67.2 cm³/mol. The maximum Gasteiger partial charge on any atom is 0.123 e. The first-order valence-corrected chi connectivity index (χ1v) is 5.73. The van der Waals surface area contributed by atoms with Gasteiger partial charge >= 0.3 is 0 Å². The molecular weight excluding hydrogens is 262 g/mol. The van der Waals surface area contributed by atoms with Crippen molar-refractivity contribution in [2.24, 2.45) is 0 Å². The van der Waals surface area contributed by atoms with E-state index in [0.29, 0.717) is 22.4 Å². The number of ether oxygens (including phenoxy) is 1. The third kappa shape index (κ3) is 3.35. The van der Waals surface area contributed by atoms with Gasteiger partial charge in [0.05, 0.1) is 0 Å². The smallest absolute Gasteiger partial charge is 0.123 e. The molecule has 0 aliphatic rings. The van der Waals surface area contributed by atoms with Gasteiger partial charge in [-0.05, 0) is 36.4 Å². The Bertz CT molecular complexity index is 511. The molecule has 0 aliphatic heterocycles. The molecule has 0 radical (unpaired) electrons. The zero-order valence-electron chi connectivity index (χ0n) is 8.79. The zero-order chi connectivity index (χ0) is 12.3. The highest BCUT2D eigenvalue weighted by Gasteiger charge is 2.02. The predicted octanol–water partition coefficient (Wildman–Crippen LogP) is 4.71. The lowest BCUT2D eigenvalue weighted by atomic mass is 10.2. The SMILES string of the molecule is Fc1ccc(OCc2ccc(Cl)cc2Cl)cc1. The average Bonchev–Trinajstić information content (AvgIpc) is 2.30. The fraction of sp³-hybridized carbons (Fsp3) is 0.0769. The van der Waals surface area contributed by atoms with Gasteiger partial charge in [-0.1, -0.05) is 29.3 Å². The van der Waals surface area contributed by atoms with E-state index in [0.717, 1.165) is 5.56 Å². The van der Waals surface area contributed by atoms with Crippen molar-refractivity contribution in [3.8, 4) is 5.75 Å². The lowest BCUT2D eigenvalue weighted by Crippen LogP contribution is -1.96. The Hall–Kier alpha value is -1.25. The molecule has 0 N–H and O–H groups in total. The molecule has 0 spiro atoms. The summed E-state index contributed by atoms with van der Waals surface area (Å²) >= 11 is 11.8. The maximum absolute atomic E-state index is 12.7. The van der Waals surface area contributed by atoms with Crippen molar-refractivity contribution in [1.29, 1.82) is 0 Å². The molecule has 17 heavy (non-hydrogen) atoms. The van der Waals surface area contributed by atoms with Crippen molar-refractivity contribution in [3.05, 3.63) is 63.9 Å². The second kappa shape index (κ2) is 5.39. The van der Waals surface area contributed by atoms with Crippen LogP contribution in [0.3, 0.4) is 0 Å². The van der Waals surface area contributed by atoms with Gasteiger partial charge in [0.25, 0.3) is 0 Å². The zero-order valence-corrected chi connectivity index (χ0v) is 10.3. The summed E-state index contributed by atoms with van der Waals surface area (Å²) in [5.74, 6) is 0.305. The van der Waals surface area contributed by atoms with Gasteiger partial charge in [-0.15, -0.1) is 0 Å². The first kappa shape index (κ1) is 12.2. The minimum absolute atomic E-state index is 0.290. The van der Waals surface area contributed by atoms with Crippen LogP contribution >= 0.6 is 23.2 Å². The van der Waals surface area contributed by atoms with Crippen LogP contribution in [0.25, 0.3) is 0 Å². The molecule has 2 aromatic carbocycles. The third-order valence-electron chi connectivity index (χ3n) is 2.22. The van der Waals surface area contributed by atoms with Crippen LogP contribution in [0.4, 0.5) is 4.39 Å². The summed E-state index contributed by atoms with van der Waals surface area (Å²) in [6.07, 6.45) is 0. The largest absolute Gasteiger partial charge is 0.489 e. The highest BCUT2D eigenvalue weighted by molar-refractivity contribution is 6.35. The van der Waals surface area contributed by atoms with Gasteiger partial charge in [-0.2, -0.15) is 0 Å². The minimum atomic E-state index is -0.290. The molecule has 2 aromatic rings. The molecule has 0 aliphatic carbocycles. The molecule has 0 heterocycles. The average molecular weight is 271 g/mol. The normalized spacial score (nSPS) is 10.3. The molecule has 0 aromatic heterocycles. The Morgan fingerprint density at radius 2 is 1.71 bits per heavy atom. The molecule has 0 unspecified atom stereocenters. The van der Waals surface area contributed by atoms with Gasteiger partial charge in [0.1, 0.15) is 18.2 Å². The molecule has 0 bridgehead atoms. The second-order valence-electron chi connectivity index (χ2n) is 3.48. The highest BCUT2D eigenvalue weighted by atomic mass is 35.5. The van der Waals surface area contributed by atoms with E-state index in [9.17, 15) is 4.39 Å². The number of hydrogen-bond donors (Lipinski definition) is 0. The Morgan fingerprint density at radius 1 is 1.00 bits per heavy atom. The van der Waals surface area contributed by atoms with Crippen LogP contribution < -0.4 is 4.74 Å². The van der Waals surface area contributed by atoms with Crippen LogP contribution in [0.2, 0.25) is 10.0 Å². The van der Waals surface area contributed by atoms with E-state index in [1.807, 2.05) is 0 Å². The molecule has 2 rings (SSSR count). The summed E-state index contributed by atoms with van der Waals surface area (Å²) in [6.45, 7) is 0.321. The van der Waals surface area contributed by atoms with E-state index in [2.05, 4.69) is 0 Å². The lowest BCUT2D eigenvalue weighted by molar-refractivity contribution is 0.306. The number of hydrogen-bond acceptors (Lipinski definition) is 1.